The Balaban J connectivity index is 2.44. The van der Waals surface area contributed by atoms with E-state index in [1.807, 2.05) is 12.1 Å². The number of halogens is 1. The van der Waals surface area contributed by atoms with Crippen molar-refractivity contribution in [2.75, 3.05) is 14.2 Å². The highest BCUT2D eigenvalue weighted by molar-refractivity contribution is 9.10. The lowest BCUT2D eigenvalue weighted by molar-refractivity contribution is 0.354. The van der Waals surface area contributed by atoms with Gasteiger partial charge in [0.15, 0.2) is 17.3 Å². The van der Waals surface area contributed by atoms with Crippen molar-refractivity contribution < 1.29 is 9.47 Å². The molecule has 6 nitrogen and oxygen atoms in total. The zero-order chi connectivity index (χ0) is 16.1. The van der Waals surface area contributed by atoms with Crippen LogP contribution in [0, 0.1) is 4.77 Å². The third kappa shape index (κ3) is 3.56. The number of aromatic nitrogens is 3. The molecule has 0 unspecified atom stereocenters. The van der Waals surface area contributed by atoms with Crippen LogP contribution in [0.3, 0.4) is 0 Å². The predicted molar refractivity (Wildman–Crippen MR) is 91.6 cm³/mol. The smallest absolute Gasteiger partial charge is 0.216 e. The maximum Gasteiger partial charge on any atom is 0.216 e. The lowest BCUT2D eigenvalue weighted by atomic mass is 10.2. The fourth-order valence-corrected chi connectivity index (χ4v) is 2.66. The molecule has 2 aromatic rings. The average Bonchev–Trinajstić information content (AvgIpc) is 2.85. The number of rotatable bonds is 6. The first-order valence-corrected chi connectivity index (χ1v) is 7.93. The van der Waals surface area contributed by atoms with Crippen molar-refractivity contribution in [3.05, 3.63) is 32.8 Å². The van der Waals surface area contributed by atoms with Crippen LogP contribution in [-0.4, -0.2) is 35.3 Å². The van der Waals surface area contributed by atoms with E-state index in [1.165, 1.54) is 0 Å². The Hall–Kier alpha value is -1.67. The highest BCUT2D eigenvalue weighted by atomic mass is 79.9. The number of nitrogens with one attached hydrogen (secondary N) is 1. The maximum atomic E-state index is 5.40. The summed E-state index contributed by atoms with van der Waals surface area (Å²) in [5, 5.41) is 11.4. The van der Waals surface area contributed by atoms with Crippen molar-refractivity contribution in [2.45, 2.75) is 19.8 Å². The molecule has 0 bridgehead atoms. The predicted octanol–water partition coefficient (Wildman–Crippen LogP) is 3.56. The Labute approximate surface area is 142 Å². The van der Waals surface area contributed by atoms with Crippen molar-refractivity contribution in [1.82, 2.24) is 14.9 Å². The Morgan fingerprint density at radius 1 is 1.41 bits per heavy atom. The van der Waals surface area contributed by atoms with E-state index in [0.717, 1.165) is 28.7 Å². The molecule has 1 aromatic carbocycles. The average molecular weight is 385 g/mol. The number of H-pyrrole nitrogens is 1. The minimum absolute atomic E-state index is 0.459. The second-order valence-electron chi connectivity index (χ2n) is 4.48. The van der Waals surface area contributed by atoms with Gasteiger partial charge in [0.1, 0.15) is 0 Å². The summed E-state index contributed by atoms with van der Waals surface area (Å²) in [5.41, 5.74) is 0.777. The van der Waals surface area contributed by atoms with Gasteiger partial charge >= 0.3 is 0 Å². The number of methoxy groups -OCH3 is 2. The van der Waals surface area contributed by atoms with Gasteiger partial charge in [-0.2, -0.15) is 14.9 Å². The van der Waals surface area contributed by atoms with Gasteiger partial charge in [-0.3, -0.25) is 5.10 Å². The van der Waals surface area contributed by atoms with E-state index in [2.05, 4.69) is 38.2 Å². The van der Waals surface area contributed by atoms with E-state index in [4.69, 9.17) is 21.7 Å². The lowest BCUT2D eigenvalue weighted by Crippen LogP contribution is -2.00. The Kier molecular flexibility index (Phi) is 5.73. The van der Waals surface area contributed by atoms with E-state index in [1.54, 1.807) is 25.1 Å². The van der Waals surface area contributed by atoms with E-state index in [0.29, 0.717) is 16.3 Å². The molecular formula is C14H17BrN4O2S. The maximum absolute atomic E-state index is 5.40. The van der Waals surface area contributed by atoms with Crippen molar-refractivity contribution in [3.8, 4) is 11.5 Å². The molecule has 22 heavy (non-hydrogen) atoms. The Bertz CT molecular complexity index is 739. The summed E-state index contributed by atoms with van der Waals surface area (Å²) in [6, 6.07) is 3.73. The van der Waals surface area contributed by atoms with Gasteiger partial charge in [-0.15, -0.1) is 0 Å². The fraction of sp³-hybridized carbons (Fsp3) is 0.357. The fourth-order valence-electron chi connectivity index (χ4n) is 2.00. The van der Waals surface area contributed by atoms with E-state index < -0.39 is 0 Å². The van der Waals surface area contributed by atoms with Crippen LogP contribution in [0.15, 0.2) is 21.7 Å². The third-order valence-corrected chi connectivity index (χ3v) is 3.70. The summed E-state index contributed by atoms with van der Waals surface area (Å²) < 4.78 is 13.7. The molecule has 118 valence electrons. The number of benzene rings is 1. The van der Waals surface area contributed by atoms with Gasteiger partial charge in [0.25, 0.3) is 0 Å². The minimum Gasteiger partial charge on any atom is -0.493 e. The van der Waals surface area contributed by atoms with Crippen LogP contribution in [0.1, 0.15) is 24.7 Å². The summed E-state index contributed by atoms with van der Waals surface area (Å²) in [5.74, 6) is 2.04. The van der Waals surface area contributed by atoms with E-state index in [9.17, 15) is 0 Å². The standard InChI is InChI=1S/C14H17BrN4O2S/c1-4-5-12-17-18-14(22)19(12)16-8-9-6-10(15)7-11(20-2)13(9)21-3/h6-8H,4-5H2,1-3H3,(H,18,22)/b16-8-. The quantitative estimate of drug-likeness (QED) is 0.610. The SMILES string of the molecule is CCCc1n[nH]c(=S)n1/N=C\c1cc(Br)cc(OC)c1OC. The number of hydrogen-bond acceptors (Lipinski definition) is 5. The summed E-state index contributed by atoms with van der Waals surface area (Å²) in [7, 11) is 3.19. The summed E-state index contributed by atoms with van der Waals surface area (Å²) in [4.78, 5) is 0. The first-order valence-electron chi connectivity index (χ1n) is 6.72. The van der Waals surface area contributed by atoms with Crippen molar-refractivity contribution in [3.63, 3.8) is 0 Å². The van der Waals surface area contributed by atoms with Gasteiger partial charge in [-0.1, -0.05) is 22.9 Å². The van der Waals surface area contributed by atoms with Crippen LogP contribution in [-0.2, 0) is 6.42 Å². The van der Waals surface area contributed by atoms with Gasteiger partial charge in [-0.25, -0.2) is 0 Å². The monoisotopic (exact) mass is 384 g/mol. The zero-order valence-corrected chi connectivity index (χ0v) is 15.0. The number of aryl methyl sites for hydroxylation is 1. The lowest BCUT2D eigenvalue weighted by Gasteiger charge is -2.10. The Morgan fingerprint density at radius 3 is 2.82 bits per heavy atom. The molecular weight excluding hydrogens is 368 g/mol. The van der Waals surface area contributed by atoms with Gasteiger partial charge in [0, 0.05) is 16.5 Å². The third-order valence-electron chi connectivity index (χ3n) is 2.98. The van der Waals surface area contributed by atoms with Crippen LogP contribution in [0.2, 0.25) is 0 Å². The van der Waals surface area contributed by atoms with Crippen molar-refractivity contribution in [2.24, 2.45) is 5.10 Å². The highest BCUT2D eigenvalue weighted by Crippen LogP contribution is 2.33. The van der Waals surface area contributed by atoms with Crippen LogP contribution in [0.5, 0.6) is 11.5 Å². The second kappa shape index (κ2) is 7.55. The molecule has 0 saturated heterocycles. The zero-order valence-electron chi connectivity index (χ0n) is 12.6. The molecule has 0 spiro atoms. The summed E-state index contributed by atoms with van der Waals surface area (Å²) >= 11 is 8.65. The first-order chi connectivity index (χ1) is 10.6. The van der Waals surface area contributed by atoms with E-state index in [-0.39, 0.29) is 0 Å². The van der Waals surface area contributed by atoms with Gasteiger partial charge < -0.3 is 9.47 Å². The van der Waals surface area contributed by atoms with Gasteiger partial charge in [-0.05, 0) is 30.8 Å². The molecule has 0 radical (unpaired) electrons. The molecule has 0 amide bonds. The molecule has 0 saturated carbocycles. The molecule has 0 fully saturated rings. The molecule has 0 aliphatic carbocycles. The molecule has 0 atom stereocenters. The van der Waals surface area contributed by atoms with E-state index >= 15 is 0 Å². The van der Waals surface area contributed by atoms with Gasteiger partial charge in [0.05, 0.1) is 20.4 Å². The molecule has 1 aromatic heterocycles. The van der Waals surface area contributed by atoms with Gasteiger partial charge in [0.2, 0.25) is 4.77 Å². The second-order valence-corrected chi connectivity index (χ2v) is 5.78. The van der Waals surface area contributed by atoms with Crippen molar-refractivity contribution in [1.29, 1.82) is 0 Å². The van der Waals surface area contributed by atoms with Crippen LogP contribution < -0.4 is 9.47 Å². The normalized spacial score (nSPS) is 11.1. The summed E-state index contributed by atoms with van der Waals surface area (Å²) in [6.07, 6.45) is 3.43. The topological polar surface area (TPSA) is 64.4 Å². The molecule has 2 rings (SSSR count). The first kappa shape index (κ1) is 16.7. The number of aromatic amines is 1. The van der Waals surface area contributed by atoms with Crippen LogP contribution in [0.4, 0.5) is 0 Å². The number of nitrogens with zero attached hydrogens (tertiary/aromatic N) is 3. The molecule has 8 heteroatoms. The molecule has 0 aliphatic heterocycles. The highest BCUT2D eigenvalue weighted by Gasteiger charge is 2.11. The molecule has 1 heterocycles. The van der Waals surface area contributed by atoms with Crippen molar-refractivity contribution >= 4 is 34.4 Å². The van der Waals surface area contributed by atoms with Crippen LogP contribution in [0.25, 0.3) is 0 Å². The Morgan fingerprint density at radius 2 is 2.18 bits per heavy atom. The minimum atomic E-state index is 0.459. The summed E-state index contributed by atoms with van der Waals surface area (Å²) in [6.45, 7) is 2.08. The number of ether oxygens (including phenoxy) is 2. The molecule has 1 N–H and O–H groups in total. The van der Waals surface area contributed by atoms with Crippen LogP contribution >= 0.6 is 28.1 Å². The molecule has 0 aliphatic rings. The number of hydrogen-bond donors (Lipinski definition) is 1. The largest absolute Gasteiger partial charge is 0.493 e.